The monoisotopic (exact) mass is 353 g/mol. The van der Waals surface area contributed by atoms with Crippen LogP contribution in [0.5, 0.6) is 11.5 Å². The maximum Gasteiger partial charge on any atom is 0.298 e. The van der Waals surface area contributed by atoms with Crippen LogP contribution in [0.15, 0.2) is 46.9 Å². The number of para-hydroxylation sites is 2. The van der Waals surface area contributed by atoms with E-state index in [2.05, 4.69) is 14.8 Å². The highest BCUT2D eigenvalue weighted by atomic mass is 16.5. The molecule has 0 spiro atoms. The van der Waals surface area contributed by atoms with E-state index in [0.29, 0.717) is 12.1 Å². The van der Waals surface area contributed by atoms with Gasteiger partial charge in [-0.25, -0.2) is 0 Å². The van der Waals surface area contributed by atoms with Gasteiger partial charge < -0.3 is 23.7 Å². The fourth-order valence-electron chi connectivity index (χ4n) is 3.43. The quantitative estimate of drug-likeness (QED) is 0.699. The van der Waals surface area contributed by atoms with E-state index in [-0.39, 0.29) is 0 Å². The van der Waals surface area contributed by atoms with Crippen LogP contribution in [0.1, 0.15) is 6.42 Å². The topological polar surface area (TPSA) is 51.0 Å². The number of rotatable bonds is 5. The Morgan fingerprint density at radius 3 is 2.54 bits per heavy atom. The summed E-state index contributed by atoms with van der Waals surface area (Å²) in [6.45, 7) is 1.86. The van der Waals surface area contributed by atoms with Gasteiger partial charge in [0.15, 0.2) is 5.58 Å². The van der Waals surface area contributed by atoms with E-state index in [9.17, 15) is 0 Å². The second-order valence-electron chi connectivity index (χ2n) is 6.53. The van der Waals surface area contributed by atoms with Crippen LogP contribution in [-0.2, 0) is 0 Å². The van der Waals surface area contributed by atoms with E-state index >= 15 is 0 Å². The first-order chi connectivity index (χ1) is 12.7. The molecule has 4 rings (SSSR count). The van der Waals surface area contributed by atoms with Crippen molar-refractivity contribution >= 4 is 22.8 Å². The summed E-state index contributed by atoms with van der Waals surface area (Å²) in [5.41, 5.74) is 2.82. The van der Waals surface area contributed by atoms with Crippen molar-refractivity contribution in [3.63, 3.8) is 0 Å². The van der Waals surface area contributed by atoms with Crippen molar-refractivity contribution in [2.75, 3.05) is 44.2 Å². The van der Waals surface area contributed by atoms with Gasteiger partial charge >= 0.3 is 0 Å². The van der Waals surface area contributed by atoms with Crippen molar-refractivity contribution in [1.29, 1.82) is 0 Å². The van der Waals surface area contributed by atoms with Gasteiger partial charge in [0.2, 0.25) is 0 Å². The number of aromatic nitrogens is 1. The van der Waals surface area contributed by atoms with Crippen LogP contribution < -0.4 is 19.3 Å². The first-order valence-electron chi connectivity index (χ1n) is 8.74. The summed E-state index contributed by atoms with van der Waals surface area (Å²) in [4.78, 5) is 9.09. The molecule has 1 aliphatic heterocycles. The minimum atomic E-state index is 0.334. The van der Waals surface area contributed by atoms with Crippen molar-refractivity contribution in [1.82, 2.24) is 4.98 Å². The molecule has 3 aromatic rings. The van der Waals surface area contributed by atoms with Crippen LogP contribution in [0.3, 0.4) is 0 Å². The molecular formula is C20H23N3O3. The van der Waals surface area contributed by atoms with Crippen LogP contribution in [0, 0.1) is 0 Å². The Morgan fingerprint density at radius 2 is 1.85 bits per heavy atom. The third-order valence-electron chi connectivity index (χ3n) is 5.00. The molecule has 2 aromatic carbocycles. The molecule has 1 aliphatic rings. The number of hydrogen-bond acceptors (Lipinski definition) is 6. The fourth-order valence-corrected chi connectivity index (χ4v) is 3.43. The number of benzene rings is 2. The van der Waals surface area contributed by atoms with E-state index in [1.54, 1.807) is 14.2 Å². The Labute approximate surface area is 152 Å². The molecule has 1 unspecified atom stereocenters. The predicted octanol–water partition coefficient (Wildman–Crippen LogP) is 3.56. The summed E-state index contributed by atoms with van der Waals surface area (Å²) >= 11 is 0. The molecule has 1 fully saturated rings. The Morgan fingerprint density at radius 1 is 1.12 bits per heavy atom. The number of ether oxygens (including phenoxy) is 2. The van der Waals surface area contributed by atoms with Crippen LogP contribution in [-0.4, -0.2) is 45.4 Å². The molecule has 136 valence electrons. The van der Waals surface area contributed by atoms with Gasteiger partial charge in [-0.2, -0.15) is 4.98 Å². The molecule has 1 atom stereocenters. The van der Waals surface area contributed by atoms with Crippen molar-refractivity contribution in [2.24, 2.45) is 0 Å². The lowest BCUT2D eigenvalue weighted by Gasteiger charge is -2.24. The third kappa shape index (κ3) is 3.03. The number of hydrogen-bond donors (Lipinski definition) is 0. The van der Waals surface area contributed by atoms with E-state index in [1.165, 1.54) is 0 Å². The number of oxazole rings is 1. The number of fused-ring (bicyclic) bond motifs is 1. The maximum atomic E-state index is 5.91. The lowest BCUT2D eigenvalue weighted by molar-refractivity contribution is 0.394. The zero-order chi connectivity index (χ0) is 18.1. The van der Waals surface area contributed by atoms with E-state index in [0.717, 1.165) is 47.8 Å². The van der Waals surface area contributed by atoms with Gasteiger partial charge in [0.25, 0.3) is 6.01 Å². The van der Waals surface area contributed by atoms with Crippen LogP contribution in [0.4, 0.5) is 11.7 Å². The van der Waals surface area contributed by atoms with Crippen molar-refractivity contribution in [3.05, 3.63) is 42.5 Å². The van der Waals surface area contributed by atoms with Gasteiger partial charge in [-0.05, 0) is 18.6 Å². The highest BCUT2D eigenvalue weighted by molar-refractivity contribution is 5.74. The molecule has 0 saturated carbocycles. The molecule has 2 heterocycles. The van der Waals surface area contributed by atoms with Crippen LogP contribution in [0.25, 0.3) is 11.1 Å². The molecule has 6 nitrogen and oxygen atoms in total. The summed E-state index contributed by atoms with van der Waals surface area (Å²) in [5.74, 6) is 1.60. The SMILES string of the molecule is COc1cc(OC)cc(N2CCC(N(C)c3nc4ccccc4o3)C2)c1. The Bertz CT molecular complexity index is 853. The molecule has 0 radical (unpaired) electrons. The van der Waals surface area contributed by atoms with Gasteiger partial charge in [-0.1, -0.05) is 12.1 Å². The van der Waals surface area contributed by atoms with Gasteiger partial charge in [0, 0.05) is 44.0 Å². The zero-order valence-corrected chi connectivity index (χ0v) is 15.3. The second kappa shape index (κ2) is 6.78. The van der Waals surface area contributed by atoms with Crippen LogP contribution >= 0.6 is 0 Å². The summed E-state index contributed by atoms with van der Waals surface area (Å²) in [5, 5.41) is 0. The fraction of sp³-hybridized carbons (Fsp3) is 0.350. The average molecular weight is 353 g/mol. The van der Waals surface area contributed by atoms with Gasteiger partial charge in [0.05, 0.1) is 20.3 Å². The van der Waals surface area contributed by atoms with Gasteiger partial charge in [0.1, 0.15) is 17.0 Å². The number of nitrogens with zero attached hydrogens (tertiary/aromatic N) is 3. The predicted molar refractivity (Wildman–Crippen MR) is 103 cm³/mol. The van der Waals surface area contributed by atoms with Gasteiger partial charge in [-0.3, -0.25) is 0 Å². The normalized spacial score (nSPS) is 16.9. The van der Waals surface area contributed by atoms with E-state index < -0.39 is 0 Å². The van der Waals surface area contributed by atoms with Gasteiger partial charge in [-0.15, -0.1) is 0 Å². The first kappa shape index (κ1) is 16.6. The number of likely N-dealkylation sites (N-methyl/N-ethyl adjacent to an activating group) is 1. The van der Waals surface area contributed by atoms with Crippen molar-refractivity contribution in [2.45, 2.75) is 12.5 Å². The molecule has 0 aliphatic carbocycles. The highest BCUT2D eigenvalue weighted by Gasteiger charge is 2.29. The Balaban J connectivity index is 1.52. The van der Waals surface area contributed by atoms with Crippen molar-refractivity contribution in [3.8, 4) is 11.5 Å². The smallest absolute Gasteiger partial charge is 0.298 e. The molecule has 0 bridgehead atoms. The Kier molecular flexibility index (Phi) is 4.32. The average Bonchev–Trinajstić information content (AvgIpc) is 3.34. The largest absolute Gasteiger partial charge is 0.497 e. The second-order valence-corrected chi connectivity index (χ2v) is 6.53. The standard InChI is InChI=1S/C20H23N3O3/c1-22(20-21-18-6-4-5-7-19(18)26-20)14-8-9-23(13-14)15-10-16(24-2)12-17(11-15)25-3/h4-7,10-12,14H,8-9,13H2,1-3H3. The maximum absolute atomic E-state index is 5.91. The summed E-state index contributed by atoms with van der Waals surface area (Å²) in [6.07, 6.45) is 1.04. The highest BCUT2D eigenvalue weighted by Crippen LogP contribution is 2.32. The lowest BCUT2D eigenvalue weighted by Crippen LogP contribution is -2.34. The summed E-state index contributed by atoms with van der Waals surface area (Å²) in [6, 6.07) is 14.8. The van der Waals surface area contributed by atoms with E-state index in [4.69, 9.17) is 13.9 Å². The number of methoxy groups -OCH3 is 2. The summed E-state index contributed by atoms with van der Waals surface area (Å²) < 4.78 is 16.7. The van der Waals surface area contributed by atoms with Crippen molar-refractivity contribution < 1.29 is 13.9 Å². The zero-order valence-electron chi connectivity index (χ0n) is 15.3. The third-order valence-corrected chi connectivity index (χ3v) is 5.00. The van der Waals surface area contributed by atoms with E-state index in [1.807, 2.05) is 49.5 Å². The molecule has 1 saturated heterocycles. The summed E-state index contributed by atoms with van der Waals surface area (Å²) in [7, 11) is 5.39. The Hall–Kier alpha value is -2.89. The molecule has 6 heteroatoms. The molecular weight excluding hydrogens is 330 g/mol. The molecule has 1 aromatic heterocycles. The number of anilines is 2. The minimum absolute atomic E-state index is 0.334. The molecule has 0 N–H and O–H groups in total. The molecule has 26 heavy (non-hydrogen) atoms. The first-order valence-corrected chi connectivity index (χ1v) is 8.74. The van der Waals surface area contributed by atoms with Crippen LogP contribution in [0.2, 0.25) is 0 Å². The minimum Gasteiger partial charge on any atom is -0.497 e. The molecule has 0 amide bonds. The lowest BCUT2D eigenvalue weighted by atomic mass is 10.2.